The van der Waals surface area contributed by atoms with Crippen molar-refractivity contribution in [2.24, 2.45) is 0 Å². The quantitative estimate of drug-likeness (QED) is 0.654. The molecule has 0 spiro atoms. The Balaban J connectivity index is 1.91. The van der Waals surface area contributed by atoms with E-state index in [-0.39, 0.29) is 29.7 Å². The van der Waals surface area contributed by atoms with Crippen LogP contribution in [0.25, 0.3) is 0 Å². The molecule has 11 heteroatoms. The Morgan fingerprint density at radius 3 is 2.29 bits per heavy atom. The summed E-state index contributed by atoms with van der Waals surface area (Å²) in [5, 5.41) is 8.94. The fraction of sp³-hybridized carbons (Fsp3) is 0.350. The summed E-state index contributed by atoms with van der Waals surface area (Å²) in [5.41, 5.74) is 0.827. The van der Waals surface area contributed by atoms with Gasteiger partial charge in [-0.15, -0.1) is 0 Å². The van der Waals surface area contributed by atoms with Crippen LogP contribution >= 0.6 is 0 Å². The molecule has 3 rings (SSSR count). The van der Waals surface area contributed by atoms with Gasteiger partial charge in [-0.05, 0) is 30.7 Å². The minimum absolute atomic E-state index is 0.0955. The Labute approximate surface area is 177 Å². The van der Waals surface area contributed by atoms with Crippen molar-refractivity contribution < 1.29 is 40.4 Å². The summed E-state index contributed by atoms with van der Waals surface area (Å²) in [5.74, 6) is -0.139. The maximum atomic E-state index is 13.7. The van der Waals surface area contributed by atoms with Crippen LogP contribution in [-0.2, 0) is 14.3 Å². The largest absolute Gasteiger partial charge is 0.496 e. The van der Waals surface area contributed by atoms with E-state index in [1.54, 1.807) is 6.92 Å². The van der Waals surface area contributed by atoms with Crippen LogP contribution < -0.4 is 4.74 Å². The molecule has 1 heterocycles. The third-order valence-electron chi connectivity index (χ3n) is 4.98. The van der Waals surface area contributed by atoms with Crippen molar-refractivity contribution in [1.82, 2.24) is 4.90 Å². The minimum atomic E-state index is -5.01. The topological polar surface area (TPSA) is 93.1 Å². The molecule has 1 N–H and O–H groups in total. The molecule has 0 aromatic heterocycles. The van der Waals surface area contributed by atoms with Gasteiger partial charge < -0.3 is 14.7 Å². The van der Waals surface area contributed by atoms with Crippen LogP contribution in [-0.4, -0.2) is 50.9 Å². The van der Waals surface area contributed by atoms with Gasteiger partial charge >= 0.3 is 12.3 Å². The highest BCUT2D eigenvalue weighted by atomic mass is 32.2. The number of hydrogen-bond acceptors (Lipinski definition) is 5. The Morgan fingerprint density at radius 1 is 1.16 bits per heavy atom. The molecule has 31 heavy (non-hydrogen) atoms. The lowest BCUT2D eigenvalue weighted by Crippen LogP contribution is -2.47. The zero-order valence-electron chi connectivity index (χ0n) is 16.6. The van der Waals surface area contributed by atoms with E-state index in [0.717, 1.165) is 22.6 Å². The molecule has 168 valence electrons. The molecule has 1 amide bonds. The predicted octanol–water partition coefficient (Wildman–Crippen LogP) is 4.09. The highest BCUT2D eigenvalue weighted by molar-refractivity contribution is 7.86. The van der Waals surface area contributed by atoms with Gasteiger partial charge in [0.05, 0.1) is 12.0 Å². The fourth-order valence-corrected chi connectivity index (χ4v) is 4.30. The van der Waals surface area contributed by atoms with Crippen LogP contribution in [0.15, 0.2) is 47.4 Å². The van der Waals surface area contributed by atoms with Crippen molar-refractivity contribution in [3.05, 3.63) is 59.2 Å². The zero-order chi connectivity index (χ0) is 23.0. The van der Waals surface area contributed by atoms with E-state index in [9.17, 15) is 26.4 Å². The number of carbonyl (C=O) groups is 1. The minimum Gasteiger partial charge on any atom is -0.496 e. The SMILES string of the molecule is COc1cc(C(OS(=O)(=O)c2ccc(C)cc2)C(F)(F)F)ccc1C1CN(C(=O)O)C1. The van der Waals surface area contributed by atoms with Crippen LogP contribution in [0.3, 0.4) is 0 Å². The number of amides is 1. The van der Waals surface area contributed by atoms with E-state index in [2.05, 4.69) is 4.18 Å². The second-order valence-electron chi connectivity index (χ2n) is 7.17. The number of rotatable bonds is 6. The van der Waals surface area contributed by atoms with E-state index >= 15 is 0 Å². The number of ether oxygens (including phenoxy) is 1. The second kappa shape index (κ2) is 8.39. The maximum absolute atomic E-state index is 13.7. The standard InChI is InChI=1S/C20H20F3NO6S/c1-12-3-6-15(7-4-12)31(27,28)30-18(20(21,22)23)13-5-8-16(17(9-13)29-2)14-10-24(11-14)19(25)26/h3-9,14,18H,10-11H2,1-2H3,(H,25,26). The third kappa shape index (κ3) is 4.93. The van der Waals surface area contributed by atoms with Crippen LogP contribution in [0.2, 0.25) is 0 Å². The molecule has 1 atom stereocenters. The normalized spacial score (nSPS) is 16.0. The summed E-state index contributed by atoms with van der Waals surface area (Å²) in [6.45, 7) is 2.08. The summed E-state index contributed by atoms with van der Waals surface area (Å²) in [4.78, 5) is 11.7. The van der Waals surface area contributed by atoms with E-state index in [4.69, 9.17) is 9.84 Å². The summed E-state index contributed by atoms with van der Waals surface area (Å²) < 4.78 is 75.9. The first-order valence-corrected chi connectivity index (χ1v) is 10.6. The first-order valence-electron chi connectivity index (χ1n) is 9.14. The first-order chi connectivity index (χ1) is 14.4. The van der Waals surface area contributed by atoms with Crippen molar-refractivity contribution in [3.8, 4) is 5.75 Å². The monoisotopic (exact) mass is 459 g/mol. The molecular weight excluding hydrogens is 439 g/mol. The summed E-state index contributed by atoms with van der Waals surface area (Å²) >= 11 is 0. The van der Waals surface area contributed by atoms with E-state index in [1.807, 2.05) is 0 Å². The average Bonchev–Trinajstić information content (AvgIpc) is 2.64. The molecule has 2 aromatic carbocycles. The second-order valence-corrected chi connectivity index (χ2v) is 8.74. The molecule has 0 bridgehead atoms. The molecule has 0 aliphatic carbocycles. The number of alkyl halides is 3. The molecule has 7 nitrogen and oxygen atoms in total. The number of carboxylic acid groups (broad SMARTS) is 1. The molecule has 1 aliphatic rings. The van der Waals surface area contributed by atoms with E-state index in [0.29, 0.717) is 5.56 Å². The number of halogens is 3. The van der Waals surface area contributed by atoms with Crippen molar-refractivity contribution >= 4 is 16.2 Å². The average molecular weight is 459 g/mol. The summed E-state index contributed by atoms with van der Waals surface area (Å²) in [6, 6.07) is 8.81. The fourth-order valence-electron chi connectivity index (χ4n) is 3.25. The van der Waals surface area contributed by atoms with Gasteiger partial charge in [-0.25, -0.2) is 8.98 Å². The van der Waals surface area contributed by atoms with Gasteiger partial charge in [0.2, 0.25) is 0 Å². The van der Waals surface area contributed by atoms with Crippen LogP contribution in [0.1, 0.15) is 28.7 Å². The van der Waals surface area contributed by atoms with Crippen molar-refractivity contribution in [1.29, 1.82) is 0 Å². The molecule has 0 saturated carbocycles. The third-order valence-corrected chi connectivity index (χ3v) is 6.28. The van der Waals surface area contributed by atoms with Gasteiger partial charge in [0.25, 0.3) is 10.1 Å². The lowest BCUT2D eigenvalue weighted by atomic mass is 9.90. The molecule has 1 saturated heterocycles. The Kier molecular flexibility index (Phi) is 6.19. The van der Waals surface area contributed by atoms with Gasteiger partial charge in [-0.3, -0.25) is 0 Å². The maximum Gasteiger partial charge on any atom is 0.420 e. The van der Waals surface area contributed by atoms with Crippen LogP contribution in [0.5, 0.6) is 5.75 Å². The highest BCUT2D eigenvalue weighted by Gasteiger charge is 2.46. The van der Waals surface area contributed by atoms with Gasteiger partial charge in [-0.1, -0.05) is 29.8 Å². The zero-order valence-corrected chi connectivity index (χ0v) is 17.4. The summed E-state index contributed by atoms with van der Waals surface area (Å²) in [7, 11) is -3.43. The summed E-state index contributed by atoms with van der Waals surface area (Å²) in [6.07, 6.45) is -8.83. The number of aryl methyl sites for hydroxylation is 1. The van der Waals surface area contributed by atoms with Crippen molar-refractivity contribution in [3.63, 3.8) is 0 Å². The molecule has 2 aromatic rings. The highest BCUT2D eigenvalue weighted by Crippen LogP contribution is 2.42. The van der Waals surface area contributed by atoms with E-state index < -0.39 is 34.1 Å². The lowest BCUT2D eigenvalue weighted by molar-refractivity contribution is -0.196. The lowest BCUT2D eigenvalue weighted by Gasteiger charge is -2.38. The van der Waals surface area contributed by atoms with Crippen LogP contribution in [0.4, 0.5) is 18.0 Å². The number of benzene rings is 2. The van der Waals surface area contributed by atoms with Gasteiger partial charge in [0.15, 0.2) is 6.10 Å². The van der Waals surface area contributed by atoms with Crippen molar-refractivity contribution in [2.75, 3.05) is 20.2 Å². The molecular formula is C20H20F3NO6S. The van der Waals surface area contributed by atoms with Gasteiger partial charge in [0, 0.05) is 24.6 Å². The number of likely N-dealkylation sites (tertiary alicyclic amines) is 1. The molecule has 1 aliphatic heterocycles. The Hall–Kier alpha value is -2.79. The number of hydrogen-bond donors (Lipinski definition) is 1. The molecule has 1 fully saturated rings. The smallest absolute Gasteiger partial charge is 0.420 e. The first kappa shape index (κ1) is 22.9. The molecule has 0 radical (unpaired) electrons. The van der Waals surface area contributed by atoms with Gasteiger partial charge in [0.1, 0.15) is 5.75 Å². The Morgan fingerprint density at radius 2 is 1.77 bits per heavy atom. The van der Waals surface area contributed by atoms with Crippen LogP contribution in [0, 0.1) is 6.92 Å². The van der Waals surface area contributed by atoms with Gasteiger partial charge in [-0.2, -0.15) is 21.6 Å². The van der Waals surface area contributed by atoms with E-state index in [1.165, 1.54) is 37.4 Å². The number of methoxy groups -OCH3 is 1. The van der Waals surface area contributed by atoms with Crippen molar-refractivity contribution in [2.45, 2.75) is 30.0 Å². The molecule has 1 unspecified atom stereocenters. The predicted molar refractivity (Wildman–Crippen MR) is 104 cm³/mol. The number of nitrogens with zero attached hydrogens (tertiary/aromatic N) is 1. The Bertz CT molecular complexity index is 1060.